The van der Waals surface area contributed by atoms with Gasteiger partial charge in [-0.05, 0) is 58.7 Å². The fourth-order valence-corrected chi connectivity index (χ4v) is 1.69. The third-order valence-corrected chi connectivity index (χ3v) is 2.97. The molecule has 3 N–H and O–H groups in total. The lowest BCUT2D eigenvalue weighted by atomic mass is 10.1. The molecular weight excluding hydrogens is 294 g/mol. The summed E-state index contributed by atoms with van der Waals surface area (Å²) in [7, 11) is 0. The van der Waals surface area contributed by atoms with E-state index in [9.17, 15) is 4.79 Å². The molecule has 18 heavy (non-hydrogen) atoms. The van der Waals surface area contributed by atoms with E-state index >= 15 is 0 Å². The summed E-state index contributed by atoms with van der Waals surface area (Å²) in [5.74, 6) is 0.311. The summed E-state index contributed by atoms with van der Waals surface area (Å²) >= 11 is 3.28. The number of nitrogens with zero attached hydrogens (tertiary/aromatic N) is 1. The van der Waals surface area contributed by atoms with Gasteiger partial charge in [0.1, 0.15) is 5.82 Å². The lowest BCUT2D eigenvalue weighted by Gasteiger charge is -2.06. The third-order valence-electron chi connectivity index (χ3n) is 2.50. The molecule has 0 unspecified atom stereocenters. The normalized spacial score (nSPS) is 10.1. The standard InChI is InChI=1S/C13H12BrN3O/c1-8-6-9(2-4-11(8)15)13(18)17-12-5-3-10(14)7-16-12/h2-7H,15H2,1H3,(H,16,17,18). The molecule has 92 valence electrons. The van der Waals surface area contributed by atoms with Crippen LogP contribution in [0.2, 0.25) is 0 Å². The molecule has 1 aromatic heterocycles. The Morgan fingerprint density at radius 3 is 2.72 bits per heavy atom. The summed E-state index contributed by atoms with van der Waals surface area (Å²) < 4.78 is 0.865. The minimum absolute atomic E-state index is 0.201. The quantitative estimate of drug-likeness (QED) is 0.838. The van der Waals surface area contributed by atoms with Crippen LogP contribution in [0, 0.1) is 6.92 Å². The number of aromatic nitrogens is 1. The number of carbonyl (C=O) groups is 1. The van der Waals surface area contributed by atoms with E-state index in [0.717, 1.165) is 10.0 Å². The van der Waals surface area contributed by atoms with Crippen LogP contribution in [0.25, 0.3) is 0 Å². The molecule has 4 nitrogen and oxygen atoms in total. The number of hydrogen-bond acceptors (Lipinski definition) is 3. The van der Waals surface area contributed by atoms with Crippen LogP contribution >= 0.6 is 15.9 Å². The highest BCUT2D eigenvalue weighted by molar-refractivity contribution is 9.10. The van der Waals surface area contributed by atoms with Crippen molar-refractivity contribution in [3.8, 4) is 0 Å². The fourth-order valence-electron chi connectivity index (χ4n) is 1.46. The minimum atomic E-state index is -0.201. The summed E-state index contributed by atoms with van der Waals surface area (Å²) in [4.78, 5) is 16.0. The minimum Gasteiger partial charge on any atom is -0.399 e. The number of benzene rings is 1. The number of nitrogens with one attached hydrogen (secondary N) is 1. The maximum absolute atomic E-state index is 12.0. The number of hydrogen-bond donors (Lipinski definition) is 2. The van der Waals surface area contributed by atoms with E-state index < -0.39 is 0 Å². The van der Waals surface area contributed by atoms with E-state index in [1.807, 2.05) is 13.0 Å². The van der Waals surface area contributed by atoms with Gasteiger partial charge in [0.15, 0.2) is 0 Å². The van der Waals surface area contributed by atoms with Crippen molar-refractivity contribution in [3.63, 3.8) is 0 Å². The van der Waals surface area contributed by atoms with Gasteiger partial charge in [-0.15, -0.1) is 0 Å². The molecule has 1 aromatic carbocycles. The molecule has 0 bridgehead atoms. The third kappa shape index (κ3) is 2.87. The summed E-state index contributed by atoms with van der Waals surface area (Å²) in [6.07, 6.45) is 1.63. The van der Waals surface area contributed by atoms with Gasteiger partial charge in [0.25, 0.3) is 5.91 Å². The van der Waals surface area contributed by atoms with Gasteiger partial charge in [0.2, 0.25) is 0 Å². The number of anilines is 2. The zero-order valence-electron chi connectivity index (χ0n) is 9.77. The zero-order valence-corrected chi connectivity index (χ0v) is 11.4. The monoisotopic (exact) mass is 305 g/mol. The van der Waals surface area contributed by atoms with Gasteiger partial charge < -0.3 is 11.1 Å². The first kappa shape index (κ1) is 12.6. The van der Waals surface area contributed by atoms with Crippen molar-refractivity contribution < 1.29 is 4.79 Å². The Morgan fingerprint density at radius 2 is 2.11 bits per heavy atom. The number of halogens is 1. The topological polar surface area (TPSA) is 68.0 Å². The Balaban J connectivity index is 2.16. The summed E-state index contributed by atoms with van der Waals surface area (Å²) in [6, 6.07) is 8.71. The highest BCUT2D eigenvalue weighted by atomic mass is 79.9. The Hall–Kier alpha value is -1.88. The molecule has 0 aliphatic heterocycles. The van der Waals surface area contributed by atoms with Crippen LogP contribution < -0.4 is 11.1 Å². The smallest absolute Gasteiger partial charge is 0.256 e. The van der Waals surface area contributed by atoms with E-state index in [4.69, 9.17) is 5.73 Å². The zero-order chi connectivity index (χ0) is 13.1. The van der Waals surface area contributed by atoms with Crippen LogP contribution in [0.15, 0.2) is 41.0 Å². The SMILES string of the molecule is Cc1cc(C(=O)Nc2ccc(Br)cn2)ccc1N. The van der Waals surface area contributed by atoms with E-state index in [1.165, 1.54) is 0 Å². The molecule has 0 fully saturated rings. The van der Waals surface area contributed by atoms with Crippen LogP contribution in [0.5, 0.6) is 0 Å². The van der Waals surface area contributed by atoms with E-state index in [0.29, 0.717) is 17.1 Å². The summed E-state index contributed by atoms with van der Waals surface area (Å²) in [5.41, 5.74) is 7.83. The van der Waals surface area contributed by atoms with Gasteiger partial charge in [0, 0.05) is 21.9 Å². The van der Waals surface area contributed by atoms with Gasteiger partial charge >= 0.3 is 0 Å². The number of nitrogen functional groups attached to an aromatic ring is 1. The molecule has 0 spiro atoms. The van der Waals surface area contributed by atoms with Crippen LogP contribution in [-0.4, -0.2) is 10.9 Å². The molecule has 1 amide bonds. The predicted molar refractivity (Wildman–Crippen MR) is 75.5 cm³/mol. The van der Waals surface area contributed by atoms with E-state index in [2.05, 4.69) is 26.2 Å². The number of pyridine rings is 1. The van der Waals surface area contributed by atoms with Crippen molar-refractivity contribution in [1.82, 2.24) is 4.98 Å². The summed E-state index contributed by atoms with van der Waals surface area (Å²) in [5, 5.41) is 2.72. The van der Waals surface area contributed by atoms with Crippen LogP contribution in [-0.2, 0) is 0 Å². The van der Waals surface area contributed by atoms with Crippen LogP contribution in [0.4, 0.5) is 11.5 Å². The molecule has 0 aliphatic carbocycles. The average Bonchev–Trinajstić information content (AvgIpc) is 2.35. The number of nitrogens with two attached hydrogens (primary N) is 1. The number of amides is 1. The molecule has 0 saturated heterocycles. The Morgan fingerprint density at radius 1 is 1.33 bits per heavy atom. The molecule has 1 heterocycles. The van der Waals surface area contributed by atoms with Crippen molar-refractivity contribution in [3.05, 3.63) is 52.1 Å². The first-order valence-corrected chi connectivity index (χ1v) is 6.14. The Labute approximate surface area is 113 Å². The molecule has 0 radical (unpaired) electrons. The molecule has 0 aliphatic rings. The van der Waals surface area contributed by atoms with Crippen molar-refractivity contribution >= 4 is 33.3 Å². The number of carbonyl (C=O) groups excluding carboxylic acids is 1. The van der Waals surface area contributed by atoms with E-state index in [-0.39, 0.29) is 5.91 Å². The highest BCUT2D eigenvalue weighted by Gasteiger charge is 2.07. The Kier molecular flexibility index (Phi) is 3.62. The van der Waals surface area contributed by atoms with Crippen molar-refractivity contribution in [2.45, 2.75) is 6.92 Å². The van der Waals surface area contributed by atoms with Gasteiger partial charge in [-0.1, -0.05) is 0 Å². The molecule has 2 aromatic rings. The van der Waals surface area contributed by atoms with Crippen molar-refractivity contribution in [2.75, 3.05) is 11.1 Å². The summed E-state index contributed by atoms with van der Waals surface area (Å²) in [6.45, 7) is 1.87. The van der Waals surface area contributed by atoms with Crippen molar-refractivity contribution in [1.29, 1.82) is 0 Å². The maximum atomic E-state index is 12.0. The lowest BCUT2D eigenvalue weighted by Crippen LogP contribution is -2.13. The number of rotatable bonds is 2. The molecule has 5 heteroatoms. The molecule has 2 rings (SSSR count). The number of aryl methyl sites for hydroxylation is 1. The maximum Gasteiger partial charge on any atom is 0.256 e. The van der Waals surface area contributed by atoms with Crippen molar-refractivity contribution in [2.24, 2.45) is 0 Å². The average molecular weight is 306 g/mol. The first-order chi connectivity index (χ1) is 8.56. The second kappa shape index (κ2) is 5.18. The fraction of sp³-hybridized carbons (Fsp3) is 0.0769. The lowest BCUT2D eigenvalue weighted by molar-refractivity contribution is 0.102. The second-order valence-corrected chi connectivity index (χ2v) is 4.80. The van der Waals surface area contributed by atoms with Gasteiger partial charge in [0.05, 0.1) is 0 Å². The predicted octanol–water partition coefficient (Wildman–Crippen LogP) is 2.99. The van der Waals surface area contributed by atoms with E-state index in [1.54, 1.807) is 30.5 Å². The van der Waals surface area contributed by atoms with Crippen LogP contribution in [0.1, 0.15) is 15.9 Å². The van der Waals surface area contributed by atoms with Gasteiger partial charge in [-0.2, -0.15) is 0 Å². The first-order valence-electron chi connectivity index (χ1n) is 5.35. The molecule has 0 atom stereocenters. The molecular formula is C13H12BrN3O. The largest absolute Gasteiger partial charge is 0.399 e. The van der Waals surface area contributed by atoms with Gasteiger partial charge in [-0.25, -0.2) is 4.98 Å². The Bertz CT molecular complexity index is 581. The highest BCUT2D eigenvalue weighted by Crippen LogP contribution is 2.15. The molecule has 0 saturated carbocycles. The van der Waals surface area contributed by atoms with Gasteiger partial charge in [-0.3, -0.25) is 4.79 Å². The van der Waals surface area contributed by atoms with Crippen LogP contribution in [0.3, 0.4) is 0 Å². The second-order valence-electron chi connectivity index (χ2n) is 3.89.